The average molecular weight is 466 g/mol. The van der Waals surface area contributed by atoms with Gasteiger partial charge in [-0.05, 0) is 43.4 Å². The van der Waals surface area contributed by atoms with Crippen molar-refractivity contribution in [3.8, 4) is 5.75 Å². The topological polar surface area (TPSA) is 123 Å². The number of carbonyl (C=O) groups excluding carboxylic acids is 2. The maximum absolute atomic E-state index is 14.0. The summed E-state index contributed by atoms with van der Waals surface area (Å²) in [5, 5.41) is 6.31. The number of ether oxygens (including phenoxy) is 1. The number of sulfonamides is 1. The molecule has 32 heavy (non-hydrogen) atoms. The quantitative estimate of drug-likeness (QED) is 0.514. The molecule has 2 fully saturated rings. The van der Waals surface area contributed by atoms with Crippen LogP contribution in [0.25, 0.3) is 0 Å². The van der Waals surface area contributed by atoms with Gasteiger partial charge in [-0.3, -0.25) is 19.7 Å². The van der Waals surface area contributed by atoms with Gasteiger partial charge in [-0.2, -0.15) is 5.10 Å². The van der Waals surface area contributed by atoms with Crippen molar-refractivity contribution < 1.29 is 27.1 Å². The second kappa shape index (κ2) is 8.87. The normalized spacial score (nSPS) is 17.5. The Bertz CT molecular complexity index is 1130. The number of carbonyl (C=O) groups is 2. The highest BCUT2D eigenvalue weighted by Gasteiger charge is 2.29. The summed E-state index contributed by atoms with van der Waals surface area (Å²) in [4.78, 5) is 24.2. The van der Waals surface area contributed by atoms with Gasteiger partial charge in [0.2, 0.25) is 15.9 Å². The SMILES string of the molecule is C[C@@H](NS(=O)(=O)CCn1ccc(N2CC(=O)NC2=O)n1)c1ccc(F)c(OCC2CC2)c1. The molecule has 0 radical (unpaired) electrons. The lowest BCUT2D eigenvalue weighted by molar-refractivity contribution is -0.117. The molecule has 2 heterocycles. The number of rotatable bonds is 10. The van der Waals surface area contributed by atoms with Crippen LogP contribution >= 0.6 is 0 Å². The molecule has 1 saturated carbocycles. The Kier molecular flexibility index (Phi) is 6.15. The van der Waals surface area contributed by atoms with Crippen LogP contribution in [0.5, 0.6) is 5.75 Å². The van der Waals surface area contributed by atoms with Crippen LogP contribution in [0.4, 0.5) is 15.0 Å². The fraction of sp³-hybridized carbons (Fsp3) is 0.450. The first-order chi connectivity index (χ1) is 15.2. The van der Waals surface area contributed by atoms with Gasteiger partial charge < -0.3 is 4.74 Å². The van der Waals surface area contributed by atoms with Crippen LogP contribution in [0.1, 0.15) is 31.4 Å². The van der Waals surface area contributed by atoms with E-state index in [0.717, 1.165) is 12.8 Å². The third-order valence-electron chi connectivity index (χ3n) is 5.27. The molecule has 2 aromatic rings. The molecule has 1 saturated heterocycles. The fourth-order valence-electron chi connectivity index (χ4n) is 3.25. The van der Waals surface area contributed by atoms with E-state index in [2.05, 4.69) is 15.1 Å². The highest BCUT2D eigenvalue weighted by Crippen LogP contribution is 2.31. The lowest BCUT2D eigenvalue weighted by Gasteiger charge is -2.16. The van der Waals surface area contributed by atoms with Crippen molar-refractivity contribution in [3.63, 3.8) is 0 Å². The first-order valence-corrected chi connectivity index (χ1v) is 11.9. The molecular weight excluding hydrogens is 441 g/mol. The van der Waals surface area contributed by atoms with Gasteiger partial charge in [-0.25, -0.2) is 22.3 Å². The summed E-state index contributed by atoms with van der Waals surface area (Å²) >= 11 is 0. The van der Waals surface area contributed by atoms with Crippen LogP contribution < -0.4 is 19.7 Å². The molecule has 0 unspecified atom stereocenters. The van der Waals surface area contributed by atoms with E-state index < -0.39 is 33.8 Å². The molecule has 1 atom stereocenters. The van der Waals surface area contributed by atoms with Gasteiger partial charge in [-0.15, -0.1) is 0 Å². The van der Waals surface area contributed by atoms with Gasteiger partial charge in [-0.1, -0.05) is 6.07 Å². The second-order valence-corrected chi connectivity index (χ2v) is 9.85. The number of imide groups is 1. The number of aryl methyl sites for hydroxylation is 1. The summed E-state index contributed by atoms with van der Waals surface area (Å²) < 4.78 is 48.6. The van der Waals surface area contributed by atoms with Crippen molar-refractivity contribution in [1.29, 1.82) is 0 Å². The summed E-state index contributed by atoms with van der Waals surface area (Å²) in [5.74, 6) is -0.307. The number of nitrogens with zero attached hydrogens (tertiary/aromatic N) is 3. The number of nitrogens with one attached hydrogen (secondary N) is 2. The number of hydrogen-bond acceptors (Lipinski definition) is 6. The predicted molar refractivity (Wildman–Crippen MR) is 113 cm³/mol. The first-order valence-electron chi connectivity index (χ1n) is 10.3. The van der Waals surface area contributed by atoms with Gasteiger partial charge in [0.25, 0.3) is 0 Å². The van der Waals surface area contributed by atoms with E-state index in [9.17, 15) is 22.4 Å². The predicted octanol–water partition coefficient (Wildman–Crippen LogP) is 1.55. The number of urea groups is 1. The minimum atomic E-state index is -3.69. The summed E-state index contributed by atoms with van der Waals surface area (Å²) in [6, 6.07) is 4.69. The number of hydrogen-bond donors (Lipinski definition) is 2. The molecule has 2 N–H and O–H groups in total. The second-order valence-electron chi connectivity index (χ2n) is 7.98. The van der Waals surface area contributed by atoms with Crippen molar-refractivity contribution in [3.05, 3.63) is 41.8 Å². The fourth-order valence-corrected chi connectivity index (χ4v) is 4.47. The highest BCUT2D eigenvalue weighted by atomic mass is 32.2. The molecule has 2 aliphatic rings. The number of anilines is 1. The molecule has 1 aliphatic carbocycles. The van der Waals surface area contributed by atoms with E-state index >= 15 is 0 Å². The van der Waals surface area contributed by atoms with Crippen molar-refractivity contribution in [1.82, 2.24) is 19.8 Å². The van der Waals surface area contributed by atoms with Crippen LogP contribution in [-0.2, 0) is 21.4 Å². The Hall–Kier alpha value is -2.99. The molecule has 172 valence electrons. The highest BCUT2D eigenvalue weighted by molar-refractivity contribution is 7.89. The first kappa shape index (κ1) is 22.2. The number of benzene rings is 1. The summed E-state index contributed by atoms with van der Waals surface area (Å²) in [6.07, 6.45) is 3.70. The minimum Gasteiger partial charge on any atom is -0.490 e. The van der Waals surface area contributed by atoms with Crippen molar-refractivity contribution >= 4 is 27.8 Å². The summed E-state index contributed by atoms with van der Waals surface area (Å²) in [6.45, 7) is 2.05. The maximum Gasteiger partial charge on any atom is 0.330 e. The molecule has 4 rings (SSSR count). The van der Waals surface area contributed by atoms with E-state index in [1.165, 1.54) is 40.0 Å². The van der Waals surface area contributed by atoms with Crippen LogP contribution in [0.2, 0.25) is 0 Å². The molecule has 1 aliphatic heterocycles. The third-order valence-corrected chi connectivity index (χ3v) is 6.70. The van der Waals surface area contributed by atoms with Crippen molar-refractivity contribution in [2.45, 2.75) is 32.4 Å². The Balaban J connectivity index is 1.33. The van der Waals surface area contributed by atoms with E-state index in [-0.39, 0.29) is 30.4 Å². The Morgan fingerprint density at radius 2 is 2.09 bits per heavy atom. The van der Waals surface area contributed by atoms with E-state index in [1.807, 2.05) is 0 Å². The monoisotopic (exact) mass is 465 g/mol. The lowest BCUT2D eigenvalue weighted by atomic mass is 10.1. The largest absolute Gasteiger partial charge is 0.490 e. The smallest absolute Gasteiger partial charge is 0.330 e. The van der Waals surface area contributed by atoms with E-state index in [1.54, 1.807) is 6.92 Å². The third kappa shape index (κ3) is 5.43. The van der Waals surface area contributed by atoms with Crippen LogP contribution in [-0.4, -0.2) is 49.0 Å². The zero-order valence-electron chi connectivity index (χ0n) is 17.5. The molecule has 12 heteroatoms. The van der Waals surface area contributed by atoms with Gasteiger partial charge >= 0.3 is 6.03 Å². The molecule has 10 nitrogen and oxygen atoms in total. The molecule has 3 amide bonds. The van der Waals surface area contributed by atoms with Crippen molar-refractivity contribution in [2.75, 3.05) is 23.8 Å². The van der Waals surface area contributed by atoms with E-state index in [0.29, 0.717) is 18.1 Å². The summed E-state index contributed by atoms with van der Waals surface area (Å²) in [5.41, 5.74) is 0.590. The zero-order valence-corrected chi connectivity index (χ0v) is 18.3. The lowest BCUT2D eigenvalue weighted by Crippen LogP contribution is -2.31. The van der Waals surface area contributed by atoms with Gasteiger partial charge in [0.1, 0.15) is 6.54 Å². The number of halogens is 1. The van der Waals surface area contributed by atoms with Gasteiger partial charge in [0, 0.05) is 18.3 Å². The van der Waals surface area contributed by atoms with E-state index in [4.69, 9.17) is 4.74 Å². The van der Waals surface area contributed by atoms with Crippen LogP contribution in [0.3, 0.4) is 0 Å². The zero-order chi connectivity index (χ0) is 22.9. The number of aromatic nitrogens is 2. The maximum atomic E-state index is 14.0. The van der Waals surface area contributed by atoms with Crippen molar-refractivity contribution in [2.24, 2.45) is 5.92 Å². The molecular formula is C20H24FN5O5S. The molecule has 1 aromatic carbocycles. The number of amides is 3. The molecule has 0 bridgehead atoms. The minimum absolute atomic E-state index is 0.0463. The Morgan fingerprint density at radius 3 is 2.78 bits per heavy atom. The molecule has 0 spiro atoms. The average Bonchev–Trinajstić information content (AvgIpc) is 3.33. The molecule has 1 aromatic heterocycles. The summed E-state index contributed by atoms with van der Waals surface area (Å²) in [7, 11) is -3.69. The Morgan fingerprint density at radius 1 is 1.31 bits per heavy atom. The standard InChI is InChI=1S/C20H24FN5O5S/c1-13(15-4-5-16(21)17(10-15)31-12-14-2-3-14)24-32(29,30)9-8-25-7-6-18(23-25)26-11-19(27)22-20(26)28/h4-7,10,13-14,24H,2-3,8-9,11-12H2,1H3,(H,22,27,28)/t13-/m1/s1. The van der Waals surface area contributed by atoms with Gasteiger partial charge in [0.15, 0.2) is 17.4 Å². The van der Waals surface area contributed by atoms with Crippen LogP contribution in [0, 0.1) is 11.7 Å². The van der Waals surface area contributed by atoms with Crippen LogP contribution in [0.15, 0.2) is 30.5 Å². The van der Waals surface area contributed by atoms with Gasteiger partial charge in [0.05, 0.1) is 18.9 Å². The Labute approximate surface area is 184 Å².